The zero-order chi connectivity index (χ0) is 22.0. The summed E-state index contributed by atoms with van der Waals surface area (Å²) >= 11 is 4.89. The van der Waals surface area contributed by atoms with E-state index in [1.54, 1.807) is 49.8 Å². The predicted octanol–water partition coefficient (Wildman–Crippen LogP) is 4.10. The van der Waals surface area contributed by atoms with E-state index in [-0.39, 0.29) is 0 Å². The summed E-state index contributed by atoms with van der Waals surface area (Å²) in [6.45, 7) is 1.97. The molecule has 7 nitrogen and oxygen atoms in total. The van der Waals surface area contributed by atoms with Gasteiger partial charge in [0.05, 0.1) is 24.8 Å². The first-order chi connectivity index (χ1) is 14.9. The number of nitrogens with zero attached hydrogens (tertiary/aromatic N) is 3. The van der Waals surface area contributed by atoms with E-state index in [1.165, 1.54) is 4.31 Å². The van der Waals surface area contributed by atoms with Crippen LogP contribution in [0.3, 0.4) is 0 Å². The number of sulfonamides is 1. The van der Waals surface area contributed by atoms with Gasteiger partial charge in [0.25, 0.3) is 0 Å². The molecule has 1 aliphatic heterocycles. The summed E-state index contributed by atoms with van der Waals surface area (Å²) in [5.74, 6) is 1.42. The minimum atomic E-state index is -3.54. The molecule has 0 aliphatic carbocycles. The zero-order valence-corrected chi connectivity index (χ0v) is 20.3. The van der Waals surface area contributed by atoms with E-state index in [2.05, 4.69) is 20.8 Å². The highest BCUT2D eigenvalue weighted by Crippen LogP contribution is 2.36. The van der Waals surface area contributed by atoms with Crippen molar-refractivity contribution in [1.29, 1.82) is 0 Å². The Morgan fingerprint density at radius 1 is 1.03 bits per heavy atom. The van der Waals surface area contributed by atoms with E-state index in [4.69, 9.17) is 14.5 Å². The number of aromatic nitrogens is 1. The highest BCUT2D eigenvalue weighted by atomic mass is 79.9. The molecule has 0 atom stereocenters. The van der Waals surface area contributed by atoms with E-state index in [1.807, 2.05) is 23.6 Å². The molecule has 0 unspecified atom stereocenters. The largest absolute Gasteiger partial charge is 0.497 e. The fourth-order valence-corrected chi connectivity index (χ4v) is 6.72. The van der Waals surface area contributed by atoms with Crippen molar-refractivity contribution in [3.63, 3.8) is 0 Å². The van der Waals surface area contributed by atoms with Crippen molar-refractivity contribution >= 4 is 42.4 Å². The number of piperazine rings is 1. The van der Waals surface area contributed by atoms with Gasteiger partial charge in [-0.25, -0.2) is 13.4 Å². The van der Waals surface area contributed by atoms with Gasteiger partial charge in [0.1, 0.15) is 11.5 Å². The van der Waals surface area contributed by atoms with Gasteiger partial charge in [-0.3, -0.25) is 0 Å². The summed E-state index contributed by atoms with van der Waals surface area (Å²) in [7, 11) is -0.299. The van der Waals surface area contributed by atoms with Crippen molar-refractivity contribution in [1.82, 2.24) is 9.29 Å². The lowest BCUT2D eigenvalue weighted by Crippen LogP contribution is -2.48. The molecule has 4 rings (SSSR count). The Morgan fingerprint density at radius 2 is 1.77 bits per heavy atom. The molecule has 1 aliphatic rings. The average Bonchev–Trinajstić information content (AvgIpc) is 3.29. The Labute approximate surface area is 194 Å². The molecule has 0 amide bonds. The lowest BCUT2D eigenvalue weighted by Gasteiger charge is -2.34. The second kappa shape index (κ2) is 9.15. The number of hydrogen-bond acceptors (Lipinski definition) is 7. The molecule has 1 aromatic heterocycles. The summed E-state index contributed by atoms with van der Waals surface area (Å²) in [6, 6.07) is 12.5. The summed E-state index contributed by atoms with van der Waals surface area (Å²) in [5, 5.41) is 2.86. The molecule has 0 bridgehead atoms. The van der Waals surface area contributed by atoms with Gasteiger partial charge in [-0.15, -0.1) is 11.3 Å². The fraction of sp³-hybridized carbons (Fsp3) is 0.286. The minimum Gasteiger partial charge on any atom is -0.497 e. The van der Waals surface area contributed by atoms with E-state index >= 15 is 0 Å². The van der Waals surface area contributed by atoms with Crippen LogP contribution in [0, 0.1) is 0 Å². The smallest absolute Gasteiger partial charge is 0.244 e. The number of hydrogen-bond donors (Lipinski definition) is 0. The summed E-state index contributed by atoms with van der Waals surface area (Å²) in [6.07, 6.45) is 0. The average molecular weight is 524 g/mol. The molecule has 0 spiro atoms. The maximum atomic E-state index is 13.0. The van der Waals surface area contributed by atoms with Gasteiger partial charge in [0, 0.05) is 47.7 Å². The number of benzene rings is 2. The highest BCUT2D eigenvalue weighted by Gasteiger charge is 2.30. The lowest BCUT2D eigenvalue weighted by molar-refractivity contribution is 0.384. The molecule has 0 saturated carbocycles. The van der Waals surface area contributed by atoms with Crippen molar-refractivity contribution in [3.8, 4) is 22.8 Å². The van der Waals surface area contributed by atoms with Gasteiger partial charge in [-0.05, 0) is 40.2 Å². The number of rotatable bonds is 6. The Bertz CT molecular complexity index is 1170. The second-order valence-corrected chi connectivity index (χ2v) is 10.5. The van der Waals surface area contributed by atoms with Gasteiger partial charge in [0.2, 0.25) is 10.0 Å². The number of ether oxygens (including phenoxy) is 2. The monoisotopic (exact) mass is 523 g/mol. The molecule has 0 radical (unpaired) electrons. The predicted molar refractivity (Wildman–Crippen MR) is 126 cm³/mol. The van der Waals surface area contributed by atoms with Crippen molar-refractivity contribution in [2.75, 3.05) is 45.3 Å². The van der Waals surface area contributed by atoms with Crippen LogP contribution in [-0.4, -0.2) is 58.1 Å². The van der Waals surface area contributed by atoms with Gasteiger partial charge < -0.3 is 14.4 Å². The van der Waals surface area contributed by atoms with Crippen LogP contribution < -0.4 is 14.4 Å². The molecule has 3 aromatic rings. The number of anilines is 1. The van der Waals surface area contributed by atoms with E-state index in [0.717, 1.165) is 22.1 Å². The number of thiazole rings is 1. The van der Waals surface area contributed by atoms with Crippen molar-refractivity contribution in [3.05, 3.63) is 52.3 Å². The summed E-state index contributed by atoms with van der Waals surface area (Å²) < 4.78 is 38.9. The second-order valence-electron chi connectivity index (χ2n) is 6.90. The van der Waals surface area contributed by atoms with E-state index in [0.29, 0.717) is 41.3 Å². The molecule has 2 heterocycles. The van der Waals surface area contributed by atoms with Crippen LogP contribution in [-0.2, 0) is 10.0 Å². The SMILES string of the molecule is COc1ccc(-c2csc(N3CCN(S(=O)(=O)c4ccccc4Br)CC3)n2)c(OC)c1. The van der Waals surface area contributed by atoms with Gasteiger partial charge in [-0.2, -0.15) is 4.31 Å². The van der Waals surface area contributed by atoms with Gasteiger partial charge in [-0.1, -0.05) is 12.1 Å². The summed E-state index contributed by atoms with van der Waals surface area (Å²) in [4.78, 5) is 7.19. The first-order valence-electron chi connectivity index (χ1n) is 9.61. The standard InChI is InChI=1S/C21H22BrN3O4S2/c1-28-15-7-8-16(19(13-15)29-2)18-14-30-21(23-18)24-9-11-25(12-10-24)31(26,27)20-6-4-3-5-17(20)22/h3-8,13-14H,9-12H2,1-2H3. The zero-order valence-electron chi connectivity index (χ0n) is 17.1. The normalized spacial score (nSPS) is 15.1. The molecule has 1 fully saturated rings. The quantitative estimate of drug-likeness (QED) is 0.484. The third-order valence-corrected chi connectivity index (χ3v) is 8.95. The lowest BCUT2D eigenvalue weighted by atomic mass is 10.1. The molecule has 31 heavy (non-hydrogen) atoms. The molecular formula is C21H22BrN3O4S2. The van der Waals surface area contributed by atoms with Gasteiger partial charge >= 0.3 is 0 Å². The number of methoxy groups -OCH3 is 2. The van der Waals surface area contributed by atoms with Crippen molar-refractivity contribution in [2.45, 2.75) is 4.90 Å². The maximum absolute atomic E-state index is 13.0. The van der Waals surface area contributed by atoms with Crippen LogP contribution in [0.5, 0.6) is 11.5 Å². The van der Waals surface area contributed by atoms with Crippen LogP contribution in [0.25, 0.3) is 11.3 Å². The van der Waals surface area contributed by atoms with E-state index < -0.39 is 10.0 Å². The van der Waals surface area contributed by atoms with Crippen LogP contribution in [0.4, 0.5) is 5.13 Å². The Kier molecular flexibility index (Phi) is 6.52. The molecular weight excluding hydrogens is 502 g/mol. The fourth-order valence-electron chi connectivity index (χ4n) is 3.46. The van der Waals surface area contributed by atoms with E-state index in [9.17, 15) is 8.42 Å². The summed E-state index contributed by atoms with van der Waals surface area (Å²) in [5.41, 5.74) is 1.71. The third-order valence-electron chi connectivity index (χ3n) is 5.14. The minimum absolute atomic E-state index is 0.298. The number of halogens is 1. The molecule has 10 heteroatoms. The van der Waals surface area contributed by atoms with Crippen LogP contribution in [0.15, 0.2) is 57.2 Å². The Balaban J connectivity index is 1.48. The third kappa shape index (κ3) is 4.43. The van der Waals surface area contributed by atoms with Crippen molar-refractivity contribution in [2.24, 2.45) is 0 Å². The van der Waals surface area contributed by atoms with Gasteiger partial charge in [0.15, 0.2) is 5.13 Å². The molecule has 2 aromatic carbocycles. The molecule has 1 saturated heterocycles. The topological polar surface area (TPSA) is 72.0 Å². The highest BCUT2D eigenvalue weighted by molar-refractivity contribution is 9.10. The van der Waals surface area contributed by atoms with Crippen molar-refractivity contribution < 1.29 is 17.9 Å². The molecule has 0 N–H and O–H groups in total. The first-order valence-corrected chi connectivity index (χ1v) is 12.7. The molecule has 164 valence electrons. The van der Waals surface area contributed by atoms with Crippen LogP contribution >= 0.6 is 27.3 Å². The Morgan fingerprint density at radius 3 is 2.45 bits per heavy atom. The van der Waals surface area contributed by atoms with Crippen LogP contribution in [0.2, 0.25) is 0 Å². The van der Waals surface area contributed by atoms with Crippen LogP contribution in [0.1, 0.15) is 0 Å². The maximum Gasteiger partial charge on any atom is 0.244 e. The first kappa shape index (κ1) is 22.1. The Hall–Kier alpha value is -2.14.